The number of halogens is 1. The highest BCUT2D eigenvalue weighted by molar-refractivity contribution is 6.30. The first-order valence-electron chi connectivity index (χ1n) is 8.78. The van der Waals surface area contributed by atoms with E-state index in [2.05, 4.69) is 15.8 Å². The molecule has 1 aromatic heterocycles. The molecule has 0 unspecified atom stereocenters. The number of hydrogen-bond acceptors (Lipinski definition) is 4. The van der Waals surface area contributed by atoms with Gasteiger partial charge in [0.15, 0.2) is 5.78 Å². The molecule has 3 rings (SSSR count). The minimum absolute atomic E-state index is 0.0333. The van der Waals surface area contributed by atoms with Crippen molar-refractivity contribution in [1.29, 1.82) is 0 Å². The minimum Gasteiger partial charge on any atom is -0.325 e. The van der Waals surface area contributed by atoms with Gasteiger partial charge in [0.1, 0.15) is 5.56 Å². The number of H-pyrrole nitrogens is 1. The minimum atomic E-state index is -0.786. The molecule has 0 atom stereocenters. The summed E-state index contributed by atoms with van der Waals surface area (Å²) < 4.78 is 0. The molecule has 7 nitrogen and oxygen atoms in total. The fraction of sp³-hybridized carbons (Fsp3) is 0.300. The maximum atomic E-state index is 12.3. The highest BCUT2D eigenvalue weighted by Crippen LogP contribution is 2.33. The summed E-state index contributed by atoms with van der Waals surface area (Å²) in [6, 6.07) is 8.02. The molecule has 0 radical (unpaired) electrons. The van der Waals surface area contributed by atoms with Gasteiger partial charge in [0, 0.05) is 22.7 Å². The quantitative estimate of drug-likeness (QED) is 0.685. The zero-order valence-electron chi connectivity index (χ0n) is 15.5. The van der Waals surface area contributed by atoms with Crippen LogP contribution in [0.2, 0.25) is 5.02 Å². The predicted molar refractivity (Wildman–Crippen MR) is 104 cm³/mol. The first kappa shape index (κ1) is 19.8. The first-order chi connectivity index (χ1) is 13.1. The van der Waals surface area contributed by atoms with Gasteiger partial charge in [0.25, 0.3) is 11.5 Å². The summed E-state index contributed by atoms with van der Waals surface area (Å²) in [4.78, 5) is 51.5. The van der Waals surface area contributed by atoms with Gasteiger partial charge in [-0.15, -0.1) is 0 Å². The molecule has 3 N–H and O–H groups in total. The van der Waals surface area contributed by atoms with E-state index in [9.17, 15) is 19.2 Å². The van der Waals surface area contributed by atoms with Gasteiger partial charge < -0.3 is 4.98 Å². The predicted octanol–water partition coefficient (Wildman–Crippen LogP) is 2.19. The SMILES string of the molecule is CC1(C)CC(=O)c2cc(C(=O)NNC(=O)Cc3ccc(Cl)cc3)c(=O)[nH]c2C1. The second-order valence-corrected chi connectivity index (χ2v) is 8.09. The average molecular weight is 402 g/mol. The second-order valence-electron chi connectivity index (χ2n) is 7.65. The van der Waals surface area contributed by atoms with Gasteiger partial charge in [-0.05, 0) is 35.6 Å². The summed E-state index contributed by atoms with van der Waals surface area (Å²) in [5, 5.41) is 0.557. The number of pyridine rings is 1. The van der Waals surface area contributed by atoms with Crippen LogP contribution in [-0.4, -0.2) is 22.6 Å². The normalized spacial score (nSPS) is 14.9. The highest BCUT2D eigenvalue weighted by Gasteiger charge is 2.32. The number of Topliss-reactive ketones (excluding diaryl/α,β-unsaturated/α-hetero) is 1. The third-order valence-electron chi connectivity index (χ3n) is 4.56. The lowest BCUT2D eigenvalue weighted by Gasteiger charge is -2.29. The Labute approximate surface area is 166 Å². The Balaban J connectivity index is 1.68. The molecule has 2 amide bonds. The van der Waals surface area contributed by atoms with Crippen LogP contribution in [0.15, 0.2) is 35.1 Å². The number of carbonyl (C=O) groups excluding carboxylic acids is 3. The smallest absolute Gasteiger partial charge is 0.275 e. The van der Waals surface area contributed by atoms with Crippen molar-refractivity contribution in [2.75, 3.05) is 0 Å². The molecule has 2 aromatic rings. The first-order valence-corrected chi connectivity index (χ1v) is 9.15. The number of rotatable bonds is 3. The van der Waals surface area contributed by atoms with E-state index in [1.165, 1.54) is 6.07 Å². The Bertz CT molecular complexity index is 1010. The van der Waals surface area contributed by atoms with E-state index < -0.39 is 17.4 Å². The zero-order valence-corrected chi connectivity index (χ0v) is 16.3. The molecule has 0 saturated heterocycles. The van der Waals surface area contributed by atoms with Crippen LogP contribution in [0.5, 0.6) is 0 Å². The number of hydrazine groups is 1. The molecule has 0 aliphatic heterocycles. The fourth-order valence-electron chi connectivity index (χ4n) is 3.22. The Hall–Kier alpha value is -2.93. The van der Waals surface area contributed by atoms with Gasteiger partial charge in [0.05, 0.1) is 6.42 Å². The molecule has 0 fully saturated rings. The van der Waals surface area contributed by atoms with Gasteiger partial charge in [-0.1, -0.05) is 37.6 Å². The summed E-state index contributed by atoms with van der Waals surface area (Å²) in [6.45, 7) is 3.89. The van der Waals surface area contributed by atoms with E-state index >= 15 is 0 Å². The van der Waals surface area contributed by atoms with E-state index in [1.807, 2.05) is 13.8 Å². The van der Waals surface area contributed by atoms with E-state index in [0.29, 0.717) is 29.1 Å². The van der Waals surface area contributed by atoms with Crippen molar-refractivity contribution in [1.82, 2.24) is 15.8 Å². The van der Waals surface area contributed by atoms with Gasteiger partial charge in [-0.3, -0.25) is 30.0 Å². The molecular weight excluding hydrogens is 382 g/mol. The van der Waals surface area contributed by atoms with Gasteiger partial charge in [0.2, 0.25) is 5.91 Å². The fourth-order valence-corrected chi connectivity index (χ4v) is 3.35. The highest BCUT2D eigenvalue weighted by atomic mass is 35.5. The molecule has 0 spiro atoms. The van der Waals surface area contributed by atoms with Crippen molar-refractivity contribution in [3.05, 3.63) is 68.1 Å². The van der Waals surface area contributed by atoms with E-state index in [0.717, 1.165) is 5.56 Å². The number of aromatic amines is 1. The van der Waals surface area contributed by atoms with Crippen molar-refractivity contribution < 1.29 is 14.4 Å². The third-order valence-corrected chi connectivity index (χ3v) is 4.81. The number of benzene rings is 1. The number of aromatic nitrogens is 1. The van der Waals surface area contributed by atoms with E-state index in [-0.39, 0.29) is 23.2 Å². The van der Waals surface area contributed by atoms with E-state index in [4.69, 9.17) is 11.6 Å². The number of ketones is 1. The third kappa shape index (κ3) is 4.48. The molecule has 146 valence electrons. The van der Waals surface area contributed by atoms with Crippen LogP contribution in [0.1, 0.15) is 52.2 Å². The maximum absolute atomic E-state index is 12.3. The average Bonchev–Trinajstić information content (AvgIpc) is 2.60. The largest absolute Gasteiger partial charge is 0.325 e. The summed E-state index contributed by atoms with van der Waals surface area (Å²) in [7, 11) is 0. The van der Waals surface area contributed by atoms with Gasteiger partial charge in [-0.25, -0.2) is 0 Å². The molecule has 0 bridgehead atoms. The molecule has 8 heteroatoms. The molecule has 1 heterocycles. The van der Waals surface area contributed by atoms with Crippen LogP contribution in [0, 0.1) is 5.41 Å². The van der Waals surface area contributed by atoms with Crippen LogP contribution in [0.4, 0.5) is 0 Å². The Morgan fingerprint density at radius 2 is 1.79 bits per heavy atom. The van der Waals surface area contributed by atoms with E-state index in [1.54, 1.807) is 24.3 Å². The van der Waals surface area contributed by atoms with Crippen molar-refractivity contribution in [2.45, 2.75) is 33.1 Å². The maximum Gasteiger partial charge on any atom is 0.275 e. The lowest BCUT2D eigenvalue weighted by molar-refractivity contribution is -0.121. The zero-order chi connectivity index (χ0) is 20.5. The van der Waals surface area contributed by atoms with Crippen molar-refractivity contribution in [3.63, 3.8) is 0 Å². The standard InChI is InChI=1S/C20H20ClN3O4/c1-20(2)9-15-13(16(25)10-20)8-14(18(27)22-15)19(28)24-23-17(26)7-11-3-5-12(21)6-4-11/h3-6,8H,7,9-10H2,1-2H3,(H,22,27)(H,23,26)(H,24,28). The number of nitrogens with one attached hydrogen (secondary N) is 3. The molecule has 28 heavy (non-hydrogen) atoms. The van der Waals surface area contributed by atoms with Gasteiger partial charge >= 0.3 is 0 Å². The topological polar surface area (TPSA) is 108 Å². The second kappa shape index (κ2) is 7.59. The van der Waals surface area contributed by atoms with Crippen LogP contribution in [-0.2, 0) is 17.6 Å². The molecule has 0 saturated carbocycles. The lowest BCUT2D eigenvalue weighted by atomic mass is 9.75. The Morgan fingerprint density at radius 1 is 1.11 bits per heavy atom. The summed E-state index contributed by atoms with van der Waals surface area (Å²) in [5.74, 6) is -1.36. The van der Waals surface area contributed by atoms with Crippen molar-refractivity contribution in [3.8, 4) is 0 Å². The van der Waals surface area contributed by atoms with Crippen LogP contribution in [0.25, 0.3) is 0 Å². The summed E-state index contributed by atoms with van der Waals surface area (Å²) in [6.07, 6.45) is 0.916. The van der Waals surface area contributed by atoms with Crippen LogP contribution >= 0.6 is 11.6 Å². The van der Waals surface area contributed by atoms with Crippen LogP contribution < -0.4 is 16.4 Å². The summed E-state index contributed by atoms with van der Waals surface area (Å²) in [5.41, 5.74) is 5.01. The number of amides is 2. The monoisotopic (exact) mass is 401 g/mol. The number of carbonyl (C=O) groups is 3. The Kier molecular flexibility index (Phi) is 5.38. The molecular formula is C20H20ClN3O4. The van der Waals surface area contributed by atoms with Crippen molar-refractivity contribution >= 4 is 29.2 Å². The molecule has 1 aliphatic carbocycles. The van der Waals surface area contributed by atoms with Gasteiger partial charge in [-0.2, -0.15) is 0 Å². The number of fused-ring (bicyclic) bond motifs is 1. The van der Waals surface area contributed by atoms with Crippen molar-refractivity contribution in [2.24, 2.45) is 5.41 Å². The summed E-state index contributed by atoms with van der Waals surface area (Å²) >= 11 is 5.80. The molecule has 1 aromatic carbocycles. The molecule has 1 aliphatic rings. The number of hydrogen-bond donors (Lipinski definition) is 3. The lowest BCUT2D eigenvalue weighted by Crippen LogP contribution is -2.44. The Morgan fingerprint density at radius 3 is 2.46 bits per heavy atom. The van der Waals surface area contributed by atoms with Crippen LogP contribution in [0.3, 0.4) is 0 Å².